The predicted molar refractivity (Wildman–Crippen MR) is 79.3 cm³/mol. The Morgan fingerprint density at radius 3 is 2.75 bits per heavy atom. The lowest BCUT2D eigenvalue weighted by Gasteiger charge is -2.05. The summed E-state index contributed by atoms with van der Waals surface area (Å²) < 4.78 is 13.7. The van der Waals surface area contributed by atoms with Crippen LogP contribution in [0.1, 0.15) is 0 Å². The summed E-state index contributed by atoms with van der Waals surface area (Å²) in [7, 11) is 0. The van der Waals surface area contributed by atoms with Crippen molar-refractivity contribution in [3.05, 3.63) is 52.9 Å². The first-order chi connectivity index (χ1) is 9.66. The molecule has 0 aliphatic carbocycles. The maximum atomic E-state index is 13.3. The van der Waals surface area contributed by atoms with Crippen molar-refractivity contribution in [3.63, 3.8) is 0 Å². The maximum absolute atomic E-state index is 13.3. The molecule has 0 amide bonds. The highest BCUT2D eigenvalue weighted by Crippen LogP contribution is 2.34. The molecule has 0 unspecified atom stereocenters. The third kappa shape index (κ3) is 2.18. The Balaban J connectivity index is 2.18. The average molecular weight is 333 g/mol. The summed E-state index contributed by atoms with van der Waals surface area (Å²) in [6.07, 6.45) is 1.69. The number of aromatic amines is 1. The summed E-state index contributed by atoms with van der Waals surface area (Å²) in [5.74, 6) is 0.0415. The zero-order valence-electron chi connectivity index (χ0n) is 10.3. The lowest BCUT2D eigenvalue weighted by Crippen LogP contribution is -1.91. The smallest absolute Gasteiger partial charge is 0.155 e. The molecule has 3 N–H and O–H groups in total. The van der Waals surface area contributed by atoms with E-state index in [-0.39, 0.29) is 5.82 Å². The van der Waals surface area contributed by atoms with Gasteiger partial charge in [-0.15, -0.1) is 0 Å². The average Bonchev–Trinajstić information content (AvgIpc) is 2.85. The van der Waals surface area contributed by atoms with Gasteiger partial charge in [0.1, 0.15) is 5.82 Å². The fourth-order valence-corrected chi connectivity index (χ4v) is 2.37. The number of pyridine rings is 1. The number of aromatic nitrogens is 3. The van der Waals surface area contributed by atoms with E-state index in [1.165, 1.54) is 6.07 Å². The summed E-state index contributed by atoms with van der Waals surface area (Å²) >= 11 is 3.17. The topological polar surface area (TPSA) is 67.6 Å². The van der Waals surface area contributed by atoms with Crippen LogP contribution in [-0.4, -0.2) is 15.2 Å². The van der Waals surface area contributed by atoms with Gasteiger partial charge in [-0.1, -0.05) is 6.07 Å². The molecule has 0 aliphatic heterocycles. The number of hydrogen-bond donors (Lipinski definition) is 2. The number of nitrogens with zero attached hydrogens (tertiary/aromatic N) is 2. The summed E-state index contributed by atoms with van der Waals surface area (Å²) in [5, 5.41) is 6.90. The van der Waals surface area contributed by atoms with Crippen LogP contribution in [0.15, 0.2) is 47.1 Å². The van der Waals surface area contributed by atoms with Crippen molar-refractivity contribution in [2.24, 2.45) is 0 Å². The highest BCUT2D eigenvalue weighted by atomic mass is 79.9. The Morgan fingerprint density at radius 1 is 1.20 bits per heavy atom. The number of nitrogen functional groups attached to an aromatic ring is 1. The number of anilines is 1. The Hall–Kier alpha value is -2.21. The molecule has 0 atom stereocenters. The van der Waals surface area contributed by atoms with Gasteiger partial charge in [0.05, 0.1) is 21.4 Å². The van der Waals surface area contributed by atoms with Crippen LogP contribution in [0.5, 0.6) is 0 Å². The van der Waals surface area contributed by atoms with E-state index in [1.807, 2.05) is 18.2 Å². The second-order valence-electron chi connectivity index (χ2n) is 4.20. The summed E-state index contributed by atoms with van der Waals surface area (Å²) in [6.45, 7) is 0. The minimum atomic E-state index is -0.319. The van der Waals surface area contributed by atoms with Gasteiger partial charge in [0.25, 0.3) is 0 Å². The highest BCUT2D eigenvalue weighted by molar-refractivity contribution is 9.10. The minimum absolute atomic E-state index is 0.319. The number of halogens is 2. The van der Waals surface area contributed by atoms with Crippen LogP contribution in [0.4, 0.5) is 10.2 Å². The van der Waals surface area contributed by atoms with Gasteiger partial charge in [0, 0.05) is 11.8 Å². The molecule has 4 nitrogen and oxygen atoms in total. The molecule has 0 aliphatic rings. The molecule has 0 bridgehead atoms. The van der Waals surface area contributed by atoms with Gasteiger partial charge in [-0.3, -0.25) is 10.1 Å². The van der Waals surface area contributed by atoms with Gasteiger partial charge in [-0.05, 0) is 46.3 Å². The van der Waals surface area contributed by atoms with Crippen LogP contribution >= 0.6 is 15.9 Å². The van der Waals surface area contributed by atoms with E-state index < -0.39 is 0 Å². The number of benzene rings is 1. The van der Waals surface area contributed by atoms with Gasteiger partial charge in [-0.25, -0.2) is 4.39 Å². The van der Waals surface area contributed by atoms with Crippen LogP contribution < -0.4 is 5.73 Å². The maximum Gasteiger partial charge on any atom is 0.155 e. The van der Waals surface area contributed by atoms with Crippen molar-refractivity contribution >= 4 is 21.7 Å². The molecule has 0 fully saturated rings. The monoisotopic (exact) mass is 332 g/mol. The third-order valence-electron chi connectivity index (χ3n) is 2.92. The van der Waals surface area contributed by atoms with Crippen molar-refractivity contribution in [1.29, 1.82) is 0 Å². The van der Waals surface area contributed by atoms with E-state index >= 15 is 0 Å². The predicted octanol–water partition coefficient (Wildman–Crippen LogP) is 3.62. The van der Waals surface area contributed by atoms with Crippen molar-refractivity contribution in [1.82, 2.24) is 15.2 Å². The molecule has 0 saturated carbocycles. The van der Waals surface area contributed by atoms with Gasteiger partial charge in [-0.2, -0.15) is 5.10 Å². The molecule has 0 saturated heterocycles. The van der Waals surface area contributed by atoms with Crippen LogP contribution in [-0.2, 0) is 0 Å². The lowest BCUT2D eigenvalue weighted by molar-refractivity contribution is 0.621. The van der Waals surface area contributed by atoms with E-state index in [9.17, 15) is 4.39 Å². The van der Waals surface area contributed by atoms with Gasteiger partial charge in [0.2, 0.25) is 0 Å². The Morgan fingerprint density at radius 2 is 2.05 bits per heavy atom. The van der Waals surface area contributed by atoms with Crippen LogP contribution in [0.25, 0.3) is 22.5 Å². The SMILES string of the molecule is Nc1n[nH]c(-c2ccc(F)c(Br)c2)c1-c1ccccn1. The first kappa shape index (κ1) is 12.8. The first-order valence-electron chi connectivity index (χ1n) is 5.87. The summed E-state index contributed by atoms with van der Waals surface area (Å²) in [4.78, 5) is 4.28. The van der Waals surface area contributed by atoms with E-state index in [0.29, 0.717) is 27.2 Å². The fourth-order valence-electron chi connectivity index (χ4n) is 1.99. The Kier molecular flexibility index (Phi) is 3.23. The normalized spacial score (nSPS) is 10.7. The molecular weight excluding hydrogens is 323 g/mol. The molecular formula is C14H10BrFN4. The molecule has 100 valence electrons. The molecule has 2 aromatic heterocycles. The number of nitrogens with one attached hydrogen (secondary N) is 1. The first-order valence-corrected chi connectivity index (χ1v) is 6.67. The van der Waals surface area contributed by atoms with Crippen LogP contribution in [0.2, 0.25) is 0 Å². The van der Waals surface area contributed by atoms with Crippen molar-refractivity contribution in [2.75, 3.05) is 5.73 Å². The van der Waals surface area contributed by atoms with E-state index in [1.54, 1.807) is 18.3 Å². The Bertz CT molecular complexity index is 755. The number of nitrogens with two attached hydrogens (primary N) is 1. The Labute approximate surface area is 123 Å². The molecule has 3 aromatic rings. The lowest BCUT2D eigenvalue weighted by atomic mass is 10.0. The molecule has 0 spiro atoms. The molecule has 2 heterocycles. The van der Waals surface area contributed by atoms with Crippen molar-refractivity contribution in [2.45, 2.75) is 0 Å². The molecule has 20 heavy (non-hydrogen) atoms. The standard InChI is InChI=1S/C14H10BrFN4/c15-9-7-8(4-5-10(9)16)13-12(14(17)20-19-13)11-3-1-2-6-18-11/h1-7H,(H3,17,19,20). The second kappa shape index (κ2) is 5.05. The minimum Gasteiger partial charge on any atom is -0.382 e. The van der Waals surface area contributed by atoms with Crippen LogP contribution in [0.3, 0.4) is 0 Å². The van der Waals surface area contributed by atoms with E-state index in [4.69, 9.17) is 5.73 Å². The second-order valence-corrected chi connectivity index (χ2v) is 5.06. The molecule has 1 aromatic carbocycles. The molecule has 3 rings (SSSR count). The molecule has 6 heteroatoms. The highest BCUT2D eigenvalue weighted by Gasteiger charge is 2.16. The van der Waals surface area contributed by atoms with Gasteiger partial charge >= 0.3 is 0 Å². The van der Waals surface area contributed by atoms with Crippen molar-refractivity contribution in [3.8, 4) is 22.5 Å². The van der Waals surface area contributed by atoms with Crippen molar-refractivity contribution < 1.29 is 4.39 Å². The summed E-state index contributed by atoms with van der Waals surface area (Å²) in [6, 6.07) is 10.3. The van der Waals surface area contributed by atoms with Gasteiger partial charge < -0.3 is 5.73 Å². The quantitative estimate of drug-likeness (QED) is 0.753. The number of rotatable bonds is 2. The van der Waals surface area contributed by atoms with Gasteiger partial charge in [0.15, 0.2) is 5.82 Å². The molecule has 0 radical (unpaired) electrons. The largest absolute Gasteiger partial charge is 0.382 e. The zero-order chi connectivity index (χ0) is 14.1. The fraction of sp³-hybridized carbons (Fsp3) is 0. The summed E-state index contributed by atoms with van der Waals surface area (Å²) in [5.41, 5.74) is 8.83. The number of H-pyrrole nitrogens is 1. The number of hydrogen-bond acceptors (Lipinski definition) is 3. The third-order valence-corrected chi connectivity index (χ3v) is 3.53. The zero-order valence-corrected chi connectivity index (χ0v) is 11.9. The van der Waals surface area contributed by atoms with E-state index in [0.717, 1.165) is 5.56 Å². The van der Waals surface area contributed by atoms with E-state index in [2.05, 4.69) is 31.1 Å². The van der Waals surface area contributed by atoms with Crippen LogP contribution in [0, 0.1) is 5.82 Å².